The predicted molar refractivity (Wildman–Crippen MR) is 108 cm³/mol. The van der Waals surface area contributed by atoms with Crippen molar-refractivity contribution < 1.29 is 0 Å². The largest absolute Gasteiger partial charge is 0.356 e. The molecule has 0 aliphatic carbocycles. The smallest absolute Gasteiger partial charge is 0.191 e. The van der Waals surface area contributed by atoms with E-state index in [9.17, 15) is 0 Å². The van der Waals surface area contributed by atoms with Crippen molar-refractivity contribution in [1.82, 2.24) is 25.2 Å². The lowest BCUT2D eigenvalue weighted by atomic mass is 10.2. The van der Waals surface area contributed by atoms with Crippen LogP contribution < -0.4 is 10.6 Å². The van der Waals surface area contributed by atoms with Gasteiger partial charge in [0.1, 0.15) is 5.82 Å². The number of aromatic nitrogens is 3. The van der Waals surface area contributed by atoms with Crippen LogP contribution in [0.2, 0.25) is 0 Å². The van der Waals surface area contributed by atoms with Crippen molar-refractivity contribution in [3.8, 4) is 0 Å². The molecule has 3 heterocycles. The highest BCUT2D eigenvalue weighted by atomic mass is 32.1. The number of thiophene rings is 1. The van der Waals surface area contributed by atoms with Crippen molar-refractivity contribution in [1.29, 1.82) is 0 Å². The van der Waals surface area contributed by atoms with Crippen molar-refractivity contribution in [3.05, 3.63) is 52.1 Å². The fraction of sp³-hybridized carbons (Fsp3) is 0.421. The number of hydrogen-bond acceptors (Lipinski definition) is 4. The van der Waals surface area contributed by atoms with Gasteiger partial charge in [0.15, 0.2) is 11.6 Å². The maximum Gasteiger partial charge on any atom is 0.191 e. The van der Waals surface area contributed by atoms with Crippen molar-refractivity contribution in [2.24, 2.45) is 4.99 Å². The number of rotatable bonds is 7. The third-order valence-corrected chi connectivity index (χ3v) is 5.19. The average Bonchev–Trinajstić information content (AvgIpc) is 3.23. The standard InChI is InChI=1S/C19H26N6S/c1-14(13-16-10-9-15(2)26-16)22-19(20-3)21-11-6-8-18-24-23-17-7-4-5-12-25(17)18/h4-5,7,9-10,12,14H,6,8,11,13H2,1-3H3,(H2,20,21,22). The summed E-state index contributed by atoms with van der Waals surface area (Å²) in [4.78, 5) is 7.08. The molecule has 1 unspecified atom stereocenters. The third kappa shape index (κ3) is 4.82. The summed E-state index contributed by atoms with van der Waals surface area (Å²) in [6.45, 7) is 5.17. The van der Waals surface area contributed by atoms with Crippen LogP contribution in [0.1, 0.15) is 28.9 Å². The molecule has 0 aliphatic heterocycles. The lowest BCUT2D eigenvalue weighted by Crippen LogP contribution is -2.43. The summed E-state index contributed by atoms with van der Waals surface area (Å²) in [6, 6.07) is 10.7. The van der Waals surface area contributed by atoms with Crippen LogP contribution in [-0.2, 0) is 12.8 Å². The highest BCUT2D eigenvalue weighted by Crippen LogP contribution is 2.16. The van der Waals surface area contributed by atoms with Crippen LogP contribution in [0.3, 0.4) is 0 Å². The normalized spacial score (nSPS) is 13.1. The monoisotopic (exact) mass is 370 g/mol. The zero-order valence-electron chi connectivity index (χ0n) is 15.6. The highest BCUT2D eigenvalue weighted by molar-refractivity contribution is 7.11. The first-order chi connectivity index (χ1) is 12.7. The minimum absolute atomic E-state index is 0.333. The molecule has 6 nitrogen and oxygen atoms in total. The SMILES string of the molecule is CN=C(NCCCc1nnc2ccccn12)NC(C)Cc1ccc(C)s1. The van der Waals surface area contributed by atoms with Gasteiger partial charge in [-0.2, -0.15) is 0 Å². The predicted octanol–water partition coefficient (Wildman–Crippen LogP) is 2.83. The Bertz CT molecular complexity index is 866. The van der Waals surface area contributed by atoms with E-state index in [4.69, 9.17) is 0 Å². The molecule has 3 rings (SSSR count). The van der Waals surface area contributed by atoms with Crippen molar-refractivity contribution in [2.75, 3.05) is 13.6 Å². The van der Waals surface area contributed by atoms with E-state index < -0.39 is 0 Å². The lowest BCUT2D eigenvalue weighted by molar-refractivity contribution is 0.637. The number of guanidine groups is 1. The lowest BCUT2D eigenvalue weighted by Gasteiger charge is -2.17. The first-order valence-corrected chi connectivity index (χ1v) is 9.78. The van der Waals surface area contributed by atoms with E-state index in [0.29, 0.717) is 6.04 Å². The Hall–Kier alpha value is -2.41. The average molecular weight is 371 g/mol. The maximum atomic E-state index is 4.32. The first-order valence-electron chi connectivity index (χ1n) is 8.97. The van der Waals surface area contributed by atoms with Gasteiger partial charge >= 0.3 is 0 Å². The Morgan fingerprint density at radius 3 is 2.92 bits per heavy atom. The van der Waals surface area contributed by atoms with Crippen LogP contribution in [0.4, 0.5) is 0 Å². The molecule has 0 fully saturated rings. The second-order valence-corrected chi connectivity index (χ2v) is 7.78. The van der Waals surface area contributed by atoms with E-state index in [1.165, 1.54) is 9.75 Å². The number of aliphatic imine (C=N–C) groups is 1. The molecule has 3 aromatic heterocycles. The zero-order valence-corrected chi connectivity index (χ0v) is 16.4. The van der Waals surface area contributed by atoms with Gasteiger partial charge in [-0.1, -0.05) is 6.07 Å². The molecule has 0 spiro atoms. The van der Waals surface area contributed by atoms with Gasteiger partial charge in [-0.3, -0.25) is 9.39 Å². The molecule has 0 saturated heterocycles. The van der Waals surface area contributed by atoms with Gasteiger partial charge in [-0.15, -0.1) is 21.5 Å². The molecule has 3 aromatic rings. The number of fused-ring (bicyclic) bond motifs is 1. The maximum absolute atomic E-state index is 4.32. The highest BCUT2D eigenvalue weighted by Gasteiger charge is 2.08. The molecular weight excluding hydrogens is 344 g/mol. The van der Waals surface area contributed by atoms with E-state index in [0.717, 1.165) is 43.2 Å². The summed E-state index contributed by atoms with van der Waals surface area (Å²) in [6.07, 6.45) is 4.85. The van der Waals surface area contributed by atoms with Crippen LogP contribution in [0.15, 0.2) is 41.5 Å². The Balaban J connectivity index is 1.42. The first kappa shape index (κ1) is 18.4. The summed E-state index contributed by atoms with van der Waals surface area (Å²) in [7, 11) is 1.81. The molecule has 2 N–H and O–H groups in total. The second-order valence-electron chi connectivity index (χ2n) is 6.41. The molecule has 0 radical (unpaired) electrons. The van der Waals surface area contributed by atoms with E-state index >= 15 is 0 Å². The van der Waals surface area contributed by atoms with E-state index in [-0.39, 0.29) is 0 Å². The minimum atomic E-state index is 0.333. The van der Waals surface area contributed by atoms with Crippen molar-refractivity contribution in [2.45, 2.75) is 39.2 Å². The number of aryl methyl sites for hydroxylation is 2. The molecule has 138 valence electrons. The summed E-state index contributed by atoms with van der Waals surface area (Å²) in [5, 5.41) is 15.3. The fourth-order valence-electron chi connectivity index (χ4n) is 2.89. The quantitative estimate of drug-likeness (QED) is 0.381. The molecule has 0 saturated carbocycles. The van der Waals surface area contributed by atoms with Crippen molar-refractivity contribution >= 4 is 22.9 Å². The molecule has 0 aromatic carbocycles. The van der Waals surface area contributed by atoms with Gasteiger partial charge in [0.05, 0.1) is 0 Å². The van der Waals surface area contributed by atoms with Gasteiger partial charge in [0.2, 0.25) is 0 Å². The van der Waals surface area contributed by atoms with Crippen molar-refractivity contribution in [3.63, 3.8) is 0 Å². The zero-order chi connectivity index (χ0) is 18.4. The number of pyridine rings is 1. The molecule has 1 atom stereocenters. The Morgan fingerprint density at radius 1 is 1.27 bits per heavy atom. The van der Waals surface area contributed by atoms with Crippen LogP contribution in [-0.4, -0.2) is 40.2 Å². The van der Waals surface area contributed by atoms with Gasteiger partial charge in [-0.05, 0) is 44.5 Å². The Morgan fingerprint density at radius 2 is 2.15 bits per heavy atom. The molecule has 0 amide bonds. The van der Waals surface area contributed by atoms with Crippen LogP contribution >= 0.6 is 11.3 Å². The van der Waals surface area contributed by atoms with Gasteiger partial charge in [0, 0.05) is 48.4 Å². The summed E-state index contributed by atoms with van der Waals surface area (Å²) < 4.78 is 2.04. The van der Waals surface area contributed by atoms with Gasteiger partial charge < -0.3 is 10.6 Å². The molecular formula is C19H26N6S. The Labute approximate surface area is 158 Å². The van der Waals surface area contributed by atoms with E-state index in [1.807, 2.05) is 47.2 Å². The fourth-order valence-corrected chi connectivity index (χ4v) is 3.91. The van der Waals surface area contributed by atoms with Crippen LogP contribution in [0.25, 0.3) is 5.65 Å². The topological polar surface area (TPSA) is 66.6 Å². The summed E-state index contributed by atoms with van der Waals surface area (Å²) >= 11 is 1.86. The third-order valence-electron chi connectivity index (χ3n) is 4.16. The van der Waals surface area contributed by atoms with E-state index in [2.05, 4.69) is 51.8 Å². The summed E-state index contributed by atoms with van der Waals surface area (Å²) in [5.41, 5.74) is 0.894. The number of hydrogen-bond donors (Lipinski definition) is 2. The second kappa shape index (κ2) is 8.80. The van der Waals surface area contributed by atoms with Gasteiger partial charge in [-0.25, -0.2) is 0 Å². The van der Waals surface area contributed by atoms with E-state index in [1.54, 1.807) is 0 Å². The molecule has 26 heavy (non-hydrogen) atoms. The number of nitrogens with zero attached hydrogens (tertiary/aromatic N) is 4. The molecule has 7 heteroatoms. The van der Waals surface area contributed by atoms with Crippen LogP contribution in [0.5, 0.6) is 0 Å². The summed E-state index contributed by atoms with van der Waals surface area (Å²) in [5.74, 6) is 1.84. The molecule has 0 aliphatic rings. The van der Waals surface area contributed by atoms with Gasteiger partial charge in [0.25, 0.3) is 0 Å². The molecule has 0 bridgehead atoms. The minimum Gasteiger partial charge on any atom is -0.356 e. The Kier molecular flexibility index (Phi) is 6.22. The number of nitrogens with one attached hydrogen (secondary N) is 2. The van der Waals surface area contributed by atoms with Crippen LogP contribution in [0, 0.1) is 6.92 Å².